The molecule has 2 aliphatic heterocycles. The molecule has 11 heteroatoms. The average molecular weight is 324 g/mol. The summed E-state index contributed by atoms with van der Waals surface area (Å²) in [6.45, 7) is 1.74. The molecule has 10 nitrogen and oxygen atoms in total. The van der Waals surface area contributed by atoms with Crippen LogP contribution in [0.5, 0.6) is 0 Å². The van der Waals surface area contributed by atoms with Crippen molar-refractivity contribution >= 4 is 29.5 Å². The summed E-state index contributed by atoms with van der Waals surface area (Å²) in [5.74, 6) is -1.99. The molecule has 3 atom stereocenters. The van der Waals surface area contributed by atoms with E-state index < -0.39 is 29.2 Å². The number of tetrazole rings is 1. The van der Waals surface area contributed by atoms with Gasteiger partial charge in [0.2, 0.25) is 5.91 Å². The molecule has 2 N–H and O–H groups in total. The predicted octanol–water partition coefficient (Wildman–Crippen LogP) is -1.57. The van der Waals surface area contributed by atoms with E-state index in [0.29, 0.717) is 0 Å². The third kappa shape index (κ3) is 2.43. The van der Waals surface area contributed by atoms with E-state index in [2.05, 4.69) is 20.8 Å². The Balaban J connectivity index is 1.68. The minimum atomic E-state index is -1.15. The molecule has 0 radical (unpaired) electrons. The number of amides is 2. The number of rotatable bonds is 4. The van der Waals surface area contributed by atoms with Gasteiger partial charge >= 0.3 is 5.97 Å². The van der Waals surface area contributed by atoms with Crippen LogP contribution in [0.1, 0.15) is 6.92 Å². The molecule has 1 aromatic rings. The third-order valence-corrected chi connectivity index (χ3v) is 4.61. The van der Waals surface area contributed by atoms with Crippen LogP contribution in [-0.4, -0.2) is 64.7 Å². The summed E-state index contributed by atoms with van der Waals surface area (Å²) < 4.78 is 1.23. The number of thioether (sulfide) groups is 1. The van der Waals surface area contributed by atoms with Crippen molar-refractivity contribution in [3.8, 4) is 0 Å². The topological polar surface area (TPSA) is 130 Å². The zero-order valence-corrected chi connectivity index (χ0v) is 12.2. The Labute approximate surface area is 128 Å². The van der Waals surface area contributed by atoms with Crippen LogP contribution in [0.4, 0.5) is 0 Å². The number of carboxylic acids is 1. The van der Waals surface area contributed by atoms with Crippen LogP contribution in [-0.2, 0) is 20.9 Å². The standard InChI is InChI=1S/C11H12N6O4S/c1-5-2-6(11(20)21)17-9(19)8(10(17)22-5)13-7(18)3-16-4-12-14-15-16/h2,4-5,8,10H,3H2,1H3,(H,13,18)(H,20,21)/t5?,8?,10-/m1/s1. The third-order valence-electron chi connectivity index (χ3n) is 3.28. The Bertz CT molecular complexity index is 660. The highest BCUT2D eigenvalue weighted by molar-refractivity contribution is 8.00. The molecule has 1 saturated heterocycles. The van der Waals surface area contributed by atoms with Crippen molar-refractivity contribution in [3.63, 3.8) is 0 Å². The maximum atomic E-state index is 12.1. The Morgan fingerprint density at radius 3 is 2.91 bits per heavy atom. The number of hydrogen-bond donors (Lipinski definition) is 2. The van der Waals surface area contributed by atoms with Gasteiger partial charge in [-0.25, -0.2) is 9.48 Å². The highest BCUT2D eigenvalue weighted by Gasteiger charge is 2.53. The highest BCUT2D eigenvalue weighted by Crippen LogP contribution is 2.40. The average Bonchev–Trinajstić information content (AvgIpc) is 2.96. The predicted molar refractivity (Wildman–Crippen MR) is 73.2 cm³/mol. The summed E-state index contributed by atoms with van der Waals surface area (Å²) in [5, 5.41) is 21.7. The molecule has 0 bridgehead atoms. The van der Waals surface area contributed by atoms with Gasteiger partial charge in [-0.15, -0.1) is 16.9 Å². The number of nitrogens with zero attached hydrogens (tertiary/aromatic N) is 5. The summed E-state index contributed by atoms with van der Waals surface area (Å²) in [6, 6.07) is -0.737. The number of carbonyl (C=O) groups excluding carboxylic acids is 2. The molecule has 2 unspecified atom stereocenters. The first-order chi connectivity index (χ1) is 10.5. The summed E-state index contributed by atoms with van der Waals surface area (Å²) in [4.78, 5) is 36.4. The smallest absolute Gasteiger partial charge is 0.352 e. The largest absolute Gasteiger partial charge is 0.477 e. The molecule has 1 fully saturated rings. The molecule has 2 amide bonds. The van der Waals surface area contributed by atoms with Crippen LogP contribution in [0.25, 0.3) is 0 Å². The van der Waals surface area contributed by atoms with Crippen LogP contribution < -0.4 is 5.32 Å². The monoisotopic (exact) mass is 324 g/mol. The van der Waals surface area contributed by atoms with Gasteiger partial charge in [0.25, 0.3) is 5.91 Å². The first-order valence-electron chi connectivity index (χ1n) is 6.41. The molecular weight excluding hydrogens is 312 g/mol. The number of nitrogens with one attached hydrogen (secondary N) is 1. The van der Waals surface area contributed by atoms with Crippen molar-refractivity contribution in [3.05, 3.63) is 18.1 Å². The minimum absolute atomic E-state index is 0.0350. The molecular formula is C11H12N6O4S. The van der Waals surface area contributed by atoms with Gasteiger partial charge in [-0.2, -0.15) is 0 Å². The van der Waals surface area contributed by atoms with Crippen molar-refractivity contribution in [2.45, 2.75) is 30.1 Å². The molecule has 1 aromatic heterocycles. The second-order valence-corrected chi connectivity index (χ2v) is 6.35. The second-order valence-electron chi connectivity index (χ2n) is 4.85. The van der Waals surface area contributed by atoms with Crippen LogP contribution in [0.15, 0.2) is 18.1 Å². The number of fused-ring (bicyclic) bond motifs is 1. The Morgan fingerprint density at radius 1 is 1.50 bits per heavy atom. The molecule has 22 heavy (non-hydrogen) atoms. The fourth-order valence-electron chi connectivity index (χ4n) is 2.35. The van der Waals surface area contributed by atoms with Gasteiger partial charge in [-0.1, -0.05) is 0 Å². The van der Waals surface area contributed by atoms with Crippen molar-refractivity contribution in [1.29, 1.82) is 0 Å². The fourth-order valence-corrected chi connectivity index (χ4v) is 3.68. The summed E-state index contributed by atoms with van der Waals surface area (Å²) in [6.07, 6.45) is 2.82. The van der Waals surface area contributed by atoms with Gasteiger partial charge < -0.3 is 10.4 Å². The summed E-state index contributed by atoms with van der Waals surface area (Å²) in [5.41, 5.74) is -0.0350. The Kier molecular flexibility index (Phi) is 3.56. The van der Waals surface area contributed by atoms with Crippen molar-refractivity contribution in [2.75, 3.05) is 0 Å². The lowest BCUT2D eigenvalue weighted by Gasteiger charge is -2.49. The van der Waals surface area contributed by atoms with E-state index in [1.807, 2.05) is 6.92 Å². The van der Waals surface area contributed by atoms with E-state index in [4.69, 9.17) is 5.11 Å². The van der Waals surface area contributed by atoms with Crippen LogP contribution in [0.3, 0.4) is 0 Å². The van der Waals surface area contributed by atoms with Crippen LogP contribution in [0.2, 0.25) is 0 Å². The maximum Gasteiger partial charge on any atom is 0.352 e. The van der Waals surface area contributed by atoms with E-state index in [0.717, 1.165) is 0 Å². The number of aromatic nitrogens is 4. The van der Waals surface area contributed by atoms with Crippen molar-refractivity contribution in [2.24, 2.45) is 0 Å². The Hall–Kier alpha value is -2.43. The number of β-lactam (4-membered cyclic amide) rings is 1. The lowest BCUT2D eigenvalue weighted by atomic mass is 10.0. The van der Waals surface area contributed by atoms with Gasteiger partial charge in [0.05, 0.1) is 0 Å². The van der Waals surface area contributed by atoms with E-state index >= 15 is 0 Å². The quantitative estimate of drug-likeness (QED) is 0.635. The summed E-state index contributed by atoms with van der Waals surface area (Å²) >= 11 is 1.42. The van der Waals surface area contributed by atoms with Crippen LogP contribution >= 0.6 is 11.8 Å². The molecule has 116 valence electrons. The lowest BCUT2D eigenvalue weighted by molar-refractivity contribution is -0.150. The normalized spacial score (nSPS) is 26.8. The molecule has 2 aliphatic rings. The molecule has 0 aliphatic carbocycles. The first kappa shape index (κ1) is 14.5. The van der Waals surface area contributed by atoms with Crippen molar-refractivity contribution in [1.82, 2.24) is 30.4 Å². The van der Waals surface area contributed by atoms with E-state index in [1.165, 1.54) is 33.7 Å². The highest BCUT2D eigenvalue weighted by atomic mass is 32.2. The molecule has 0 aromatic carbocycles. The zero-order valence-electron chi connectivity index (χ0n) is 11.4. The summed E-state index contributed by atoms with van der Waals surface area (Å²) in [7, 11) is 0. The molecule has 3 heterocycles. The first-order valence-corrected chi connectivity index (χ1v) is 7.35. The van der Waals surface area contributed by atoms with Crippen LogP contribution in [0, 0.1) is 0 Å². The number of hydrogen-bond acceptors (Lipinski definition) is 7. The van der Waals surface area contributed by atoms with Gasteiger partial charge in [-0.3, -0.25) is 14.5 Å². The number of aliphatic carboxylic acids is 1. The van der Waals surface area contributed by atoms with Gasteiger partial charge in [0, 0.05) is 5.25 Å². The second kappa shape index (κ2) is 5.40. The van der Waals surface area contributed by atoms with Gasteiger partial charge in [-0.05, 0) is 23.4 Å². The van der Waals surface area contributed by atoms with Crippen molar-refractivity contribution < 1.29 is 19.5 Å². The lowest BCUT2D eigenvalue weighted by Crippen LogP contribution is -2.70. The molecule has 3 rings (SSSR count). The van der Waals surface area contributed by atoms with E-state index in [1.54, 1.807) is 0 Å². The fraction of sp³-hybridized carbons (Fsp3) is 0.455. The van der Waals surface area contributed by atoms with Gasteiger partial charge in [0.1, 0.15) is 30.0 Å². The van der Waals surface area contributed by atoms with E-state index in [9.17, 15) is 14.4 Å². The molecule has 0 spiro atoms. The maximum absolute atomic E-state index is 12.1. The van der Waals surface area contributed by atoms with E-state index in [-0.39, 0.29) is 17.5 Å². The SMILES string of the molecule is CC1C=C(C(=O)O)N2C(=O)C(NC(=O)Cn3cnnn3)[C@H]2S1. The number of carbonyl (C=O) groups is 3. The Morgan fingerprint density at radius 2 is 2.27 bits per heavy atom. The minimum Gasteiger partial charge on any atom is -0.477 e. The van der Waals surface area contributed by atoms with Gasteiger partial charge in [0.15, 0.2) is 0 Å². The molecule has 0 saturated carbocycles. The zero-order chi connectivity index (χ0) is 15.9. The number of carboxylic acid groups (broad SMARTS) is 1.